The van der Waals surface area contributed by atoms with Crippen LogP contribution >= 0.6 is 0 Å². The summed E-state index contributed by atoms with van der Waals surface area (Å²) in [6, 6.07) is 5.03. The standard InChI is InChI=1S/C15H23FN2/c1-3-12-6-5-9-18(10-12)14-8-4-7-13(16)15(14)11(2)17/h4,7-8,11-12H,3,5-6,9-10,17H2,1-2H3/t11-,12?/m1/s1. The summed E-state index contributed by atoms with van der Waals surface area (Å²) >= 11 is 0. The van der Waals surface area contributed by atoms with E-state index < -0.39 is 0 Å². The van der Waals surface area contributed by atoms with Crippen LogP contribution in [0.2, 0.25) is 0 Å². The van der Waals surface area contributed by atoms with E-state index in [1.807, 2.05) is 13.0 Å². The van der Waals surface area contributed by atoms with Gasteiger partial charge in [0.15, 0.2) is 0 Å². The minimum atomic E-state index is -0.261. The molecule has 0 bridgehead atoms. The molecule has 1 saturated heterocycles. The Bertz CT molecular complexity index is 403. The number of anilines is 1. The third-order valence-electron chi connectivity index (χ3n) is 3.92. The molecular formula is C15H23FN2. The zero-order valence-electron chi connectivity index (χ0n) is 11.3. The molecule has 2 N–H and O–H groups in total. The summed E-state index contributed by atoms with van der Waals surface area (Å²) < 4.78 is 13.9. The van der Waals surface area contributed by atoms with Gasteiger partial charge in [0.1, 0.15) is 5.82 Å². The van der Waals surface area contributed by atoms with Crippen LogP contribution in [-0.4, -0.2) is 13.1 Å². The first kappa shape index (κ1) is 13.3. The number of hydrogen-bond acceptors (Lipinski definition) is 2. The van der Waals surface area contributed by atoms with Crippen molar-refractivity contribution in [3.8, 4) is 0 Å². The van der Waals surface area contributed by atoms with Gasteiger partial charge in [-0.05, 0) is 37.8 Å². The van der Waals surface area contributed by atoms with Gasteiger partial charge in [-0.3, -0.25) is 0 Å². The first-order valence-electron chi connectivity index (χ1n) is 6.92. The van der Waals surface area contributed by atoms with Gasteiger partial charge in [-0.2, -0.15) is 0 Å². The molecule has 0 aromatic heterocycles. The van der Waals surface area contributed by atoms with Crippen molar-refractivity contribution >= 4 is 5.69 Å². The molecule has 2 rings (SSSR count). The largest absolute Gasteiger partial charge is 0.371 e. The van der Waals surface area contributed by atoms with Crippen molar-refractivity contribution in [2.24, 2.45) is 11.7 Å². The summed E-state index contributed by atoms with van der Waals surface area (Å²) in [4.78, 5) is 2.31. The van der Waals surface area contributed by atoms with Crippen molar-refractivity contribution in [1.82, 2.24) is 0 Å². The molecule has 1 aliphatic rings. The molecule has 1 aromatic rings. The lowest BCUT2D eigenvalue weighted by Gasteiger charge is -2.35. The quantitative estimate of drug-likeness (QED) is 0.890. The number of rotatable bonds is 3. The normalized spacial score (nSPS) is 22.0. The van der Waals surface area contributed by atoms with Crippen molar-refractivity contribution in [3.63, 3.8) is 0 Å². The van der Waals surface area contributed by atoms with Crippen molar-refractivity contribution in [2.45, 2.75) is 39.2 Å². The monoisotopic (exact) mass is 250 g/mol. The molecule has 1 aliphatic heterocycles. The number of halogens is 1. The van der Waals surface area contributed by atoms with Gasteiger partial charge in [-0.25, -0.2) is 4.39 Å². The van der Waals surface area contributed by atoms with Crippen LogP contribution < -0.4 is 10.6 Å². The molecule has 18 heavy (non-hydrogen) atoms. The van der Waals surface area contributed by atoms with E-state index in [1.165, 1.54) is 25.3 Å². The van der Waals surface area contributed by atoms with Crippen LogP contribution in [0.25, 0.3) is 0 Å². The van der Waals surface area contributed by atoms with E-state index in [9.17, 15) is 4.39 Å². The molecule has 2 nitrogen and oxygen atoms in total. The van der Waals surface area contributed by atoms with E-state index in [1.54, 1.807) is 6.07 Å². The zero-order valence-corrected chi connectivity index (χ0v) is 11.3. The molecule has 0 spiro atoms. The smallest absolute Gasteiger partial charge is 0.130 e. The van der Waals surface area contributed by atoms with E-state index >= 15 is 0 Å². The van der Waals surface area contributed by atoms with Gasteiger partial charge in [-0.15, -0.1) is 0 Å². The summed E-state index contributed by atoms with van der Waals surface area (Å²) in [6.45, 7) is 6.12. The van der Waals surface area contributed by atoms with E-state index in [0.717, 1.165) is 24.7 Å². The van der Waals surface area contributed by atoms with Gasteiger partial charge >= 0.3 is 0 Å². The Kier molecular flexibility index (Phi) is 4.23. The second-order valence-corrected chi connectivity index (χ2v) is 5.32. The highest BCUT2D eigenvalue weighted by molar-refractivity contribution is 5.55. The predicted molar refractivity (Wildman–Crippen MR) is 74.2 cm³/mol. The van der Waals surface area contributed by atoms with Gasteiger partial charge in [0.2, 0.25) is 0 Å². The molecule has 1 heterocycles. The lowest BCUT2D eigenvalue weighted by molar-refractivity contribution is 0.403. The van der Waals surface area contributed by atoms with E-state index in [2.05, 4.69) is 11.8 Å². The van der Waals surface area contributed by atoms with Crippen LogP contribution in [0.15, 0.2) is 18.2 Å². The zero-order chi connectivity index (χ0) is 13.1. The van der Waals surface area contributed by atoms with Crippen LogP contribution in [0.5, 0.6) is 0 Å². The minimum absolute atomic E-state index is 0.180. The molecule has 2 atom stereocenters. The summed E-state index contributed by atoms with van der Waals surface area (Å²) in [6.07, 6.45) is 3.67. The van der Waals surface area contributed by atoms with Crippen LogP contribution in [0.4, 0.5) is 10.1 Å². The first-order valence-corrected chi connectivity index (χ1v) is 6.92. The van der Waals surface area contributed by atoms with Crippen molar-refractivity contribution in [2.75, 3.05) is 18.0 Å². The fourth-order valence-electron chi connectivity index (χ4n) is 2.87. The summed E-state index contributed by atoms with van der Waals surface area (Å²) in [5.41, 5.74) is 7.57. The van der Waals surface area contributed by atoms with Crippen molar-refractivity contribution in [3.05, 3.63) is 29.6 Å². The summed E-state index contributed by atoms with van der Waals surface area (Å²) in [5.74, 6) is 0.545. The second-order valence-electron chi connectivity index (χ2n) is 5.32. The molecule has 1 aromatic carbocycles. The molecule has 0 saturated carbocycles. The van der Waals surface area contributed by atoms with Crippen molar-refractivity contribution < 1.29 is 4.39 Å². The fourth-order valence-corrected chi connectivity index (χ4v) is 2.87. The Morgan fingerprint density at radius 2 is 2.28 bits per heavy atom. The van der Waals surface area contributed by atoms with E-state index in [4.69, 9.17) is 5.73 Å². The van der Waals surface area contributed by atoms with Crippen LogP contribution in [0, 0.1) is 11.7 Å². The Morgan fingerprint density at radius 3 is 2.94 bits per heavy atom. The Morgan fingerprint density at radius 1 is 1.50 bits per heavy atom. The van der Waals surface area contributed by atoms with Gasteiger partial charge in [-0.1, -0.05) is 19.4 Å². The maximum absolute atomic E-state index is 13.9. The highest BCUT2D eigenvalue weighted by atomic mass is 19.1. The highest BCUT2D eigenvalue weighted by Crippen LogP contribution is 2.31. The molecule has 0 aliphatic carbocycles. The topological polar surface area (TPSA) is 29.3 Å². The Labute approximate surface area is 109 Å². The fraction of sp³-hybridized carbons (Fsp3) is 0.600. The number of nitrogens with zero attached hydrogens (tertiary/aromatic N) is 1. The van der Waals surface area contributed by atoms with Gasteiger partial charge in [0, 0.05) is 30.4 Å². The number of hydrogen-bond donors (Lipinski definition) is 1. The van der Waals surface area contributed by atoms with Crippen LogP contribution in [0.1, 0.15) is 44.7 Å². The maximum atomic E-state index is 13.9. The summed E-state index contributed by atoms with van der Waals surface area (Å²) in [5, 5.41) is 0. The average Bonchev–Trinajstić information content (AvgIpc) is 2.38. The predicted octanol–water partition coefficient (Wildman–Crippen LogP) is 3.47. The summed E-state index contributed by atoms with van der Waals surface area (Å²) in [7, 11) is 0. The lowest BCUT2D eigenvalue weighted by atomic mass is 9.94. The molecule has 1 unspecified atom stereocenters. The molecule has 100 valence electrons. The first-order chi connectivity index (χ1) is 8.63. The average molecular weight is 250 g/mol. The van der Waals surface area contributed by atoms with E-state index in [-0.39, 0.29) is 11.9 Å². The molecule has 0 amide bonds. The minimum Gasteiger partial charge on any atom is -0.371 e. The van der Waals surface area contributed by atoms with E-state index in [0.29, 0.717) is 5.56 Å². The number of benzene rings is 1. The van der Waals surface area contributed by atoms with Crippen LogP contribution in [-0.2, 0) is 0 Å². The molecule has 0 radical (unpaired) electrons. The Hall–Kier alpha value is -1.09. The van der Waals surface area contributed by atoms with Crippen molar-refractivity contribution in [1.29, 1.82) is 0 Å². The maximum Gasteiger partial charge on any atom is 0.130 e. The van der Waals surface area contributed by atoms with Gasteiger partial charge in [0.25, 0.3) is 0 Å². The lowest BCUT2D eigenvalue weighted by Crippen LogP contribution is -2.36. The third kappa shape index (κ3) is 2.66. The van der Waals surface area contributed by atoms with Gasteiger partial charge in [0.05, 0.1) is 0 Å². The number of nitrogens with two attached hydrogens (primary N) is 1. The SMILES string of the molecule is CCC1CCCN(c2cccc(F)c2[C@@H](C)N)C1. The second kappa shape index (κ2) is 5.70. The molecular weight excluding hydrogens is 227 g/mol. The van der Waals surface area contributed by atoms with Gasteiger partial charge < -0.3 is 10.6 Å². The molecule has 1 fully saturated rings. The third-order valence-corrected chi connectivity index (χ3v) is 3.92. The van der Waals surface area contributed by atoms with Crippen LogP contribution in [0.3, 0.4) is 0 Å². The highest BCUT2D eigenvalue weighted by Gasteiger charge is 2.22. The number of piperidine rings is 1. The molecule has 3 heteroatoms. The Balaban J connectivity index is 2.29.